The molecule has 3 heterocycles. The van der Waals surface area contributed by atoms with Gasteiger partial charge in [-0.15, -0.1) is 0 Å². The summed E-state index contributed by atoms with van der Waals surface area (Å²) in [5, 5.41) is 12.1. The van der Waals surface area contributed by atoms with Gasteiger partial charge in [-0.1, -0.05) is 0 Å². The third-order valence-corrected chi connectivity index (χ3v) is 4.77. The topological polar surface area (TPSA) is 110 Å². The fourth-order valence-electron chi connectivity index (χ4n) is 3.09. The number of aromatic nitrogens is 3. The molecule has 1 aliphatic carbocycles. The van der Waals surface area contributed by atoms with E-state index >= 15 is 0 Å². The summed E-state index contributed by atoms with van der Waals surface area (Å²) in [6, 6.07) is 3.34. The normalized spacial score (nSPS) is 15.2. The summed E-state index contributed by atoms with van der Waals surface area (Å²) in [6.07, 6.45) is 6.22. The fraction of sp³-hybridized carbons (Fsp3) is 0.300. The molecular formula is C20H22N6O3. The number of carbonyl (C=O) groups is 2. The van der Waals surface area contributed by atoms with Crippen molar-refractivity contribution in [2.24, 2.45) is 5.92 Å². The molecule has 0 radical (unpaired) electrons. The predicted octanol–water partition coefficient (Wildman–Crippen LogP) is 2.50. The standard InChI is InChI=1S/C20H22N6O3/c1-11-6-7-26-17(18(11)29-3)15(10-23-26)24-14-8-16(25-19(27)12-4-5-12)22-9-13(14)20(28)21-2/h6-10,12H,4-5H2,1-3H3,(H,21,28)(H2,22,24,25,27)/i2D3. The van der Waals surface area contributed by atoms with Gasteiger partial charge in [0.25, 0.3) is 5.91 Å². The van der Waals surface area contributed by atoms with E-state index in [1.54, 1.807) is 24.0 Å². The molecule has 1 saturated carbocycles. The number of pyridine rings is 2. The molecular weight excluding hydrogens is 372 g/mol. The summed E-state index contributed by atoms with van der Waals surface area (Å²) >= 11 is 0. The van der Waals surface area contributed by atoms with E-state index in [4.69, 9.17) is 8.85 Å². The smallest absolute Gasteiger partial charge is 0.254 e. The molecule has 0 bridgehead atoms. The van der Waals surface area contributed by atoms with Gasteiger partial charge in [-0.2, -0.15) is 5.10 Å². The Morgan fingerprint density at radius 1 is 1.31 bits per heavy atom. The summed E-state index contributed by atoms with van der Waals surface area (Å²) < 4.78 is 29.1. The number of ether oxygens (including phenoxy) is 1. The second-order valence-electron chi connectivity index (χ2n) is 6.84. The van der Waals surface area contributed by atoms with Gasteiger partial charge in [0.2, 0.25) is 5.91 Å². The lowest BCUT2D eigenvalue weighted by Crippen LogP contribution is -2.20. The SMILES string of the molecule is [2H]C([2H])([2H])NC(=O)c1cnc(NC(=O)C2CC2)cc1Nc1cnn2ccc(C)c(OC)c12. The summed E-state index contributed by atoms with van der Waals surface area (Å²) in [7, 11) is 1.55. The molecule has 0 atom stereocenters. The highest BCUT2D eigenvalue weighted by molar-refractivity contribution is 6.02. The molecule has 3 aromatic heterocycles. The van der Waals surface area contributed by atoms with E-state index in [2.05, 4.69) is 20.7 Å². The monoisotopic (exact) mass is 397 g/mol. The van der Waals surface area contributed by atoms with Crippen LogP contribution in [0.1, 0.15) is 32.9 Å². The highest BCUT2D eigenvalue weighted by atomic mass is 16.5. The van der Waals surface area contributed by atoms with E-state index in [1.807, 2.05) is 18.3 Å². The lowest BCUT2D eigenvalue weighted by Gasteiger charge is -2.14. The van der Waals surface area contributed by atoms with Crippen LogP contribution in [-0.2, 0) is 4.79 Å². The highest BCUT2D eigenvalue weighted by Crippen LogP contribution is 2.34. The van der Waals surface area contributed by atoms with Crippen LogP contribution in [0.5, 0.6) is 5.75 Å². The van der Waals surface area contributed by atoms with Crippen molar-refractivity contribution in [2.45, 2.75) is 19.8 Å². The van der Waals surface area contributed by atoms with E-state index in [-0.39, 0.29) is 28.9 Å². The molecule has 3 N–H and O–H groups in total. The molecule has 0 unspecified atom stereocenters. The molecule has 1 fully saturated rings. The van der Waals surface area contributed by atoms with E-state index in [0.717, 1.165) is 18.4 Å². The lowest BCUT2D eigenvalue weighted by atomic mass is 10.2. The first-order valence-electron chi connectivity index (χ1n) is 10.6. The Labute approximate surface area is 171 Å². The predicted molar refractivity (Wildman–Crippen MR) is 109 cm³/mol. The van der Waals surface area contributed by atoms with Crippen molar-refractivity contribution < 1.29 is 18.4 Å². The largest absolute Gasteiger partial charge is 0.494 e. The molecule has 4 rings (SSSR count). The Morgan fingerprint density at radius 2 is 2.14 bits per heavy atom. The molecule has 0 aromatic carbocycles. The van der Waals surface area contributed by atoms with Crippen LogP contribution >= 0.6 is 0 Å². The number of aryl methyl sites for hydroxylation is 1. The van der Waals surface area contributed by atoms with Crippen molar-refractivity contribution in [2.75, 3.05) is 24.7 Å². The van der Waals surface area contributed by atoms with Gasteiger partial charge in [0.15, 0.2) is 0 Å². The number of nitrogens with zero attached hydrogens (tertiary/aromatic N) is 3. The summed E-state index contributed by atoms with van der Waals surface area (Å²) in [5.41, 5.74) is 2.30. The molecule has 2 amide bonds. The number of anilines is 3. The summed E-state index contributed by atoms with van der Waals surface area (Å²) in [4.78, 5) is 28.9. The molecule has 9 heteroatoms. The van der Waals surface area contributed by atoms with Crippen LogP contribution in [0, 0.1) is 12.8 Å². The molecule has 3 aromatic rings. The molecule has 0 aliphatic heterocycles. The van der Waals surface area contributed by atoms with Gasteiger partial charge in [-0.3, -0.25) is 9.59 Å². The first-order valence-corrected chi connectivity index (χ1v) is 9.07. The van der Waals surface area contributed by atoms with Gasteiger partial charge in [0.05, 0.1) is 30.2 Å². The van der Waals surface area contributed by atoms with Gasteiger partial charge >= 0.3 is 0 Å². The van der Waals surface area contributed by atoms with Gasteiger partial charge in [0.1, 0.15) is 17.1 Å². The van der Waals surface area contributed by atoms with Crippen molar-refractivity contribution in [3.8, 4) is 5.75 Å². The third kappa shape index (κ3) is 3.58. The summed E-state index contributed by atoms with van der Waals surface area (Å²) in [6.45, 7) is -0.777. The van der Waals surface area contributed by atoms with E-state index < -0.39 is 12.9 Å². The molecule has 29 heavy (non-hydrogen) atoms. The second kappa shape index (κ2) is 7.42. The van der Waals surface area contributed by atoms with Crippen LogP contribution in [0.2, 0.25) is 0 Å². The molecule has 0 spiro atoms. The maximum Gasteiger partial charge on any atom is 0.254 e. The number of carbonyl (C=O) groups excluding carboxylic acids is 2. The zero-order valence-electron chi connectivity index (χ0n) is 18.9. The maximum atomic E-state index is 12.6. The van der Waals surface area contributed by atoms with Crippen LogP contribution in [-0.4, -0.2) is 40.5 Å². The minimum Gasteiger partial charge on any atom is -0.494 e. The van der Waals surface area contributed by atoms with Crippen molar-refractivity contribution >= 4 is 34.5 Å². The second-order valence-corrected chi connectivity index (χ2v) is 6.84. The Kier molecular flexibility index (Phi) is 3.92. The molecule has 1 aliphatic rings. The van der Waals surface area contributed by atoms with Crippen LogP contribution in [0.4, 0.5) is 17.2 Å². The average molecular weight is 397 g/mol. The number of hydrogen-bond acceptors (Lipinski definition) is 6. The number of fused-ring (bicyclic) bond motifs is 1. The van der Waals surface area contributed by atoms with Crippen molar-refractivity contribution in [1.29, 1.82) is 0 Å². The van der Waals surface area contributed by atoms with Crippen LogP contribution < -0.4 is 20.7 Å². The number of amides is 2. The first kappa shape index (κ1) is 15.3. The number of methoxy groups -OCH3 is 1. The van der Waals surface area contributed by atoms with Crippen molar-refractivity contribution in [3.05, 3.63) is 41.9 Å². The van der Waals surface area contributed by atoms with E-state index in [9.17, 15) is 9.59 Å². The van der Waals surface area contributed by atoms with Crippen LogP contribution in [0.3, 0.4) is 0 Å². The lowest BCUT2D eigenvalue weighted by molar-refractivity contribution is -0.117. The van der Waals surface area contributed by atoms with Crippen molar-refractivity contribution in [1.82, 2.24) is 19.9 Å². The van der Waals surface area contributed by atoms with Gasteiger partial charge in [-0.25, -0.2) is 9.50 Å². The zero-order valence-corrected chi connectivity index (χ0v) is 15.9. The molecule has 9 nitrogen and oxygen atoms in total. The Balaban J connectivity index is 1.74. The van der Waals surface area contributed by atoms with Crippen LogP contribution in [0.15, 0.2) is 30.7 Å². The first-order chi connectivity index (χ1) is 15.2. The zero-order chi connectivity index (χ0) is 23.0. The quantitative estimate of drug-likeness (QED) is 0.590. The number of hydrogen-bond donors (Lipinski definition) is 3. The average Bonchev–Trinajstić information content (AvgIpc) is 3.49. The maximum absolute atomic E-state index is 12.6. The summed E-state index contributed by atoms with van der Waals surface area (Å²) in [5.74, 6) is -0.165. The Morgan fingerprint density at radius 3 is 2.86 bits per heavy atom. The fourth-order valence-corrected chi connectivity index (χ4v) is 3.09. The number of rotatable bonds is 6. The Hall–Kier alpha value is -3.62. The van der Waals surface area contributed by atoms with Crippen molar-refractivity contribution in [3.63, 3.8) is 0 Å². The van der Waals surface area contributed by atoms with Gasteiger partial charge in [0, 0.05) is 35.5 Å². The molecule has 150 valence electrons. The van der Waals surface area contributed by atoms with E-state index in [0.29, 0.717) is 17.0 Å². The minimum atomic E-state index is -2.67. The van der Waals surface area contributed by atoms with E-state index in [1.165, 1.54) is 12.3 Å². The number of nitrogens with one attached hydrogen (secondary N) is 3. The Bertz CT molecular complexity index is 1200. The van der Waals surface area contributed by atoms with Crippen LogP contribution in [0.25, 0.3) is 5.52 Å². The van der Waals surface area contributed by atoms with Gasteiger partial charge < -0.3 is 20.7 Å². The van der Waals surface area contributed by atoms with Gasteiger partial charge in [-0.05, 0) is 31.4 Å². The highest BCUT2D eigenvalue weighted by Gasteiger charge is 2.30. The minimum absolute atomic E-state index is 0.00323. The third-order valence-electron chi connectivity index (χ3n) is 4.77. The molecule has 0 saturated heterocycles.